The van der Waals surface area contributed by atoms with Gasteiger partial charge in [0, 0.05) is 82.3 Å². The lowest BCUT2D eigenvalue weighted by molar-refractivity contribution is 0.758. The summed E-state index contributed by atoms with van der Waals surface area (Å²) in [7, 11) is 0. The highest BCUT2D eigenvalue weighted by atomic mass is 15.0. The highest BCUT2D eigenvalue weighted by molar-refractivity contribution is 6.17. The summed E-state index contributed by atoms with van der Waals surface area (Å²) in [4.78, 5) is 0. The molecular weight excluding hydrogens is 1310 g/mol. The van der Waals surface area contributed by atoms with Gasteiger partial charge in [-0.05, 0) is 237 Å². The van der Waals surface area contributed by atoms with Crippen LogP contribution >= 0.6 is 0 Å². The molecule has 108 heavy (non-hydrogen) atoms. The Morgan fingerprint density at radius 3 is 0.787 bits per heavy atom. The van der Waals surface area contributed by atoms with Gasteiger partial charge in [0.15, 0.2) is 0 Å². The van der Waals surface area contributed by atoms with Gasteiger partial charge in [-0.2, -0.15) is 0 Å². The molecule has 0 radical (unpaired) electrons. The molecule has 5 heteroatoms. The molecule has 0 spiro atoms. The summed E-state index contributed by atoms with van der Waals surface area (Å²) in [5.74, 6) is 0.511. The van der Waals surface area contributed by atoms with Crippen LogP contribution < -0.4 is 0 Å². The summed E-state index contributed by atoms with van der Waals surface area (Å²) in [5, 5.41) is 12.3. The Balaban J connectivity index is 0.574. The maximum Gasteiger partial charge on any atom is 0.0547 e. The maximum absolute atomic E-state index is 2.44. The van der Waals surface area contributed by atoms with E-state index in [1.807, 2.05) is 0 Å². The Kier molecular flexibility index (Phi) is 14.0. The number of benzene rings is 16. The molecule has 0 fully saturated rings. The zero-order chi connectivity index (χ0) is 71.1. The highest BCUT2D eigenvalue weighted by Gasteiger charge is 2.23. The first-order chi connectivity index (χ1) is 53.5. The van der Waals surface area contributed by atoms with E-state index in [1.165, 1.54) is 181 Å². The summed E-state index contributed by atoms with van der Waals surface area (Å²) in [5.41, 5.74) is 32.1. The van der Waals surface area contributed by atoms with Gasteiger partial charge in [-0.15, -0.1) is 0 Å². The van der Waals surface area contributed by atoms with Crippen LogP contribution in [0.1, 0.15) is 18.9 Å². The first kappa shape index (κ1) is 61.5. The van der Waals surface area contributed by atoms with E-state index >= 15 is 0 Å². The minimum Gasteiger partial charge on any atom is -0.309 e. The third kappa shape index (κ3) is 9.79. The fourth-order valence-electron chi connectivity index (χ4n) is 17.9. The summed E-state index contributed by atoms with van der Waals surface area (Å²) in [6, 6.07) is 135. The van der Waals surface area contributed by atoms with Crippen LogP contribution in [0.25, 0.3) is 199 Å². The third-order valence-electron chi connectivity index (χ3n) is 23.2. The molecule has 0 saturated heterocycles. The normalized spacial score (nSPS) is 13.3. The molecule has 1 atom stereocenters. The fourth-order valence-corrected chi connectivity index (χ4v) is 17.9. The van der Waals surface area contributed by atoms with Gasteiger partial charge in [0.05, 0.1) is 55.2 Å². The Morgan fingerprint density at radius 2 is 0.435 bits per heavy atom. The van der Waals surface area contributed by atoms with Gasteiger partial charge in [0.2, 0.25) is 0 Å². The largest absolute Gasteiger partial charge is 0.309 e. The minimum atomic E-state index is 0.511. The van der Waals surface area contributed by atoms with Gasteiger partial charge in [-0.25, -0.2) is 0 Å². The summed E-state index contributed by atoms with van der Waals surface area (Å²) < 4.78 is 12.1. The number of aromatic nitrogens is 5. The summed E-state index contributed by atoms with van der Waals surface area (Å²) >= 11 is 0. The summed E-state index contributed by atoms with van der Waals surface area (Å²) in [6.45, 7) is 2.32. The quantitative estimate of drug-likeness (QED) is 0.123. The number of para-hydroxylation sites is 6. The van der Waals surface area contributed by atoms with E-state index in [9.17, 15) is 0 Å². The van der Waals surface area contributed by atoms with Crippen LogP contribution in [0.5, 0.6) is 0 Å². The van der Waals surface area contributed by atoms with E-state index in [2.05, 4.69) is 412 Å². The molecular formula is C103H69N5. The average molecular weight is 1380 g/mol. The van der Waals surface area contributed by atoms with Crippen molar-refractivity contribution in [2.24, 2.45) is 5.92 Å². The smallest absolute Gasteiger partial charge is 0.0547 e. The van der Waals surface area contributed by atoms with E-state index in [0.717, 1.165) is 29.2 Å². The maximum atomic E-state index is 2.44. The Hall–Kier alpha value is -14.0. The number of hydrogen-bond donors (Lipinski definition) is 0. The van der Waals surface area contributed by atoms with Gasteiger partial charge in [0.1, 0.15) is 0 Å². The molecule has 21 aromatic rings. The predicted octanol–water partition coefficient (Wildman–Crippen LogP) is 27.5. The highest BCUT2D eigenvalue weighted by Crippen LogP contribution is 2.45. The molecule has 1 aliphatic rings. The Bertz CT molecular complexity index is 7280. The Labute approximate surface area is 624 Å². The molecule has 16 aromatic carbocycles. The van der Waals surface area contributed by atoms with Crippen molar-refractivity contribution in [2.45, 2.75) is 13.3 Å². The predicted molar refractivity (Wildman–Crippen MR) is 456 cm³/mol. The van der Waals surface area contributed by atoms with Crippen LogP contribution in [-0.2, 0) is 0 Å². The van der Waals surface area contributed by atoms with Crippen LogP contribution in [0.15, 0.2) is 382 Å². The van der Waals surface area contributed by atoms with E-state index in [1.54, 1.807) is 0 Å². The monoisotopic (exact) mass is 1380 g/mol. The first-order valence-electron chi connectivity index (χ1n) is 37.6. The van der Waals surface area contributed by atoms with Crippen LogP contribution in [0.4, 0.5) is 0 Å². The molecule has 0 aliphatic heterocycles. The van der Waals surface area contributed by atoms with Crippen LogP contribution in [0.3, 0.4) is 0 Å². The van der Waals surface area contributed by atoms with Crippen molar-refractivity contribution in [1.29, 1.82) is 0 Å². The zero-order valence-electron chi connectivity index (χ0n) is 59.4. The van der Waals surface area contributed by atoms with Crippen molar-refractivity contribution in [3.63, 3.8) is 0 Å². The van der Waals surface area contributed by atoms with Crippen molar-refractivity contribution in [3.05, 3.63) is 388 Å². The average Bonchev–Trinajstić information content (AvgIpc) is 1.59. The van der Waals surface area contributed by atoms with Gasteiger partial charge >= 0.3 is 0 Å². The number of allylic oxidation sites excluding steroid dienone is 4. The molecule has 5 heterocycles. The number of hydrogen-bond acceptors (Lipinski definition) is 0. The van der Waals surface area contributed by atoms with Crippen molar-refractivity contribution < 1.29 is 0 Å². The van der Waals surface area contributed by atoms with Gasteiger partial charge in [0.25, 0.3) is 0 Å². The molecule has 506 valence electrons. The van der Waals surface area contributed by atoms with E-state index in [-0.39, 0.29) is 0 Å². The zero-order valence-corrected chi connectivity index (χ0v) is 59.4. The molecule has 22 rings (SSSR count). The van der Waals surface area contributed by atoms with Crippen molar-refractivity contribution >= 4 is 115 Å². The van der Waals surface area contributed by atoms with E-state index in [0.29, 0.717) is 5.92 Å². The lowest BCUT2D eigenvalue weighted by Gasteiger charge is -2.18. The summed E-state index contributed by atoms with van der Waals surface area (Å²) in [6.07, 6.45) is 7.82. The third-order valence-corrected chi connectivity index (χ3v) is 23.2. The van der Waals surface area contributed by atoms with Gasteiger partial charge in [-0.3, -0.25) is 0 Å². The second kappa shape index (κ2) is 24.6. The fraction of sp³-hybridized carbons (Fsp3) is 0.0291. The second-order valence-electron chi connectivity index (χ2n) is 29.2. The number of nitrogens with zero attached hydrogens (tertiary/aromatic N) is 5. The van der Waals surface area contributed by atoms with Crippen LogP contribution in [0.2, 0.25) is 0 Å². The molecule has 5 nitrogen and oxygen atoms in total. The van der Waals surface area contributed by atoms with Gasteiger partial charge in [-0.1, -0.05) is 231 Å². The number of rotatable bonds is 11. The standard InChI is InChI=1S/C103H69N5/c1-66-19-11-12-26-83(66)70-39-50-82(51-40-70)107-96-32-18-15-29-86(96)90-60-72(44-55-99(90)107)71-43-54-98-89(59-71)85-28-14-17-31-95(85)106(98)81-48-37-68(38-49-81)67-33-35-69(36-34-67)77-41-52-87-91-62-74(45-56-100(91)108(103(87)65-77)80-24-9-4-10-25-80)76-47-58-102-93(64-76)92-63-75(46-57-101(92)105(102)79-22-7-3-8-23-79)73-42-53-97-88(61-73)84-27-13-16-30-94(84)104(97)78-20-5-2-6-21-78/h2-18,20-66H,19H2,1H3. The minimum absolute atomic E-state index is 0.511. The first-order valence-corrected chi connectivity index (χ1v) is 37.6. The topological polar surface area (TPSA) is 24.6 Å². The van der Waals surface area contributed by atoms with Crippen molar-refractivity contribution in [1.82, 2.24) is 22.8 Å². The van der Waals surface area contributed by atoms with Crippen molar-refractivity contribution in [2.75, 3.05) is 0 Å². The van der Waals surface area contributed by atoms with E-state index in [4.69, 9.17) is 0 Å². The lowest BCUT2D eigenvalue weighted by atomic mass is 9.88. The van der Waals surface area contributed by atoms with Crippen LogP contribution in [-0.4, -0.2) is 22.8 Å². The molecule has 0 saturated carbocycles. The lowest BCUT2D eigenvalue weighted by Crippen LogP contribution is -2.01. The van der Waals surface area contributed by atoms with E-state index < -0.39 is 0 Å². The molecule has 5 aromatic heterocycles. The molecule has 0 amide bonds. The molecule has 1 unspecified atom stereocenters. The Morgan fingerprint density at radius 1 is 0.194 bits per heavy atom. The number of fused-ring (bicyclic) bond motifs is 15. The van der Waals surface area contributed by atoms with Gasteiger partial charge < -0.3 is 22.8 Å². The second-order valence-corrected chi connectivity index (χ2v) is 29.2. The van der Waals surface area contributed by atoms with Crippen LogP contribution in [0, 0.1) is 5.92 Å². The van der Waals surface area contributed by atoms with Crippen molar-refractivity contribution in [3.8, 4) is 84.1 Å². The molecule has 0 N–H and O–H groups in total. The molecule has 1 aliphatic carbocycles. The SMILES string of the molecule is CC1CC=CC=C1c1ccc(-n2c3ccccc3c3cc(-c4ccc5c(c4)c4ccccc4n5-c4ccc(-c5ccc(-c6ccc7c8cc(-c9ccc%10c(c9)c9cc(-c%11ccc%12c(c%11)c%11ccccc%11n%12-c%11ccccc%11)ccc9n%10-c9ccccc9)ccc8n(-c8ccccc8)c7c6)cc5)cc4)ccc32)cc1. The molecule has 0 bridgehead atoms.